The van der Waals surface area contributed by atoms with E-state index in [1.165, 1.54) is 12.1 Å². The Bertz CT molecular complexity index is 81.6. The van der Waals surface area contributed by atoms with E-state index in [4.69, 9.17) is 0 Å². The lowest BCUT2D eigenvalue weighted by molar-refractivity contribution is 0.681. The van der Waals surface area contributed by atoms with E-state index in [-0.39, 0.29) is 0 Å². The Kier molecular flexibility index (Phi) is 5.87. The molecule has 0 unspecified atom stereocenters. The molecule has 0 rings (SSSR count). The molecule has 0 radical (unpaired) electrons. The van der Waals surface area contributed by atoms with Crippen molar-refractivity contribution < 1.29 is 0 Å². The summed E-state index contributed by atoms with van der Waals surface area (Å²) in [7, 11) is 1.55. The second-order valence-electron chi connectivity index (χ2n) is 4.24. The molecule has 1 nitrogen and oxygen atoms in total. The van der Waals surface area contributed by atoms with Gasteiger partial charge in [-0.2, -0.15) is 0 Å². The maximum absolute atomic E-state index is 3.50. The summed E-state index contributed by atoms with van der Waals surface area (Å²) in [5.41, 5.74) is 0. The van der Waals surface area contributed by atoms with Crippen molar-refractivity contribution in [2.45, 2.75) is 39.8 Å². The van der Waals surface area contributed by atoms with Gasteiger partial charge in [-0.15, -0.1) is 0 Å². The first-order valence-corrected chi connectivity index (χ1v) is 6.94. The summed E-state index contributed by atoms with van der Waals surface area (Å²) in [6.07, 6.45) is 0. The maximum Gasteiger partial charge on any atom is 0.109 e. The Balaban J connectivity index is 3.58. The second kappa shape index (κ2) is 5.78. The fourth-order valence-corrected chi connectivity index (χ4v) is 4.41. The minimum atomic E-state index is -0.579. The van der Waals surface area contributed by atoms with Crippen LogP contribution < -0.4 is 4.98 Å². The van der Waals surface area contributed by atoms with Gasteiger partial charge in [-0.05, 0) is 31.0 Å². The van der Waals surface area contributed by atoms with Crippen LogP contribution >= 0.6 is 0 Å². The summed E-state index contributed by atoms with van der Waals surface area (Å²) < 4.78 is 0. The Hall–Kier alpha value is 0.177. The van der Waals surface area contributed by atoms with Crippen molar-refractivity contribution in [3.8, 4) is 0 Å². The van der Waals surface area contributed by atoms with Crippen LogP contribution in [0.3, 0.4) is 0 Å². The van der Waals surface area contributed by atoms with Gasteiger partial charge in [0.05, 0.1) is 0 Å². The molecule has 0 spiro atoms. The first-order chi connectivity index (χ1) is 5.06. The van der Waals surface area contributed by atoms with Gasteiger partial charge in [0.2, 0.25) is 0 Å². The van der Waals surface area contributed by atoms with Crippen molar-refractivity contribution in [2.24, 2.45) is 11.8 Å². The first-order valence-electron chi connectivity index (χ1n) is 4.73. The highest BCUT2D eigenvalue weighted by atomic mass is 28.3. The van der Waals surface area contributed by atoms with Gasteiger partial charge in [0, 0.05) is 0 Å². The molecule has 0 atom stereocenters. The smallest absolute Gasteiger partial charge is 0.109 e. The van der Waals surface area contributed by atoms with Gasteiger partial charge in [-0.1, -0.05) is 27.7 Å². The van der Waals surface area contributed by atoms with Crippen LogP contribution in [0, 0.1) is 11.8 Å². The molecule has 0 aliphatic carbocycles. The average Bonchev–Trinajstić information content (AvgIpc) is 1.84. The van der Waals surface area contributed by atoms with Crippen LogP contribution in [0.1, 0.15) is 27.7 Å². The van der Waals surface area contributed by atoms with E-state index in [1.807, 2.05) is 0 Å². The predicted octanol–water partition coefficient (Wildman–Crippen LogP) is 2.24. The predicted molar refractivity (Wildman–Crippen MR) is 55.5 cm³/mol. The van der Waals surface area contributed by atoms with Crippen LogP contribution in [0.25, 0.3) is 0 Å². The zero-order chi connectivity index (χ0) is 8.85. The minimum absolute atomic E-state index is 0.579. The third-order valence-corrected chi connectivity index (χ3v) is 5.76. The second-order valence-corrected chi connectivity index (χ2v) is 7.16. The Labute approximate surface area is 73.3 Å². The standard InChI is InChI=1S/C9H23NSi/c1-8(2)6-11(10-5)7-9(3)4/h8-11H,6-7H2,1-5H3. The molecule has 2 heteroatoms. The van der Waals surface area contributed by atoms with Crippen LogP contribution in [0.4, 0.5) is 0 Å². The van der Waals surface area contributed by atoms with Gasteiger partial charge >= 0.3 is 0 Å². The van der Waals surface area contributed by atoms with E-state index in [2.05, 4.69) is 39.7 Å². The summed E-state index contributed by atoms with van der Waals surface area (Å²) >= 11 is 0. The quantitative estimate of drug-likeness (QED) is 0.629. The third kappa shape index (κ3) is 6.57. The number of rotatable bonds is 5. The molecule has 0 heterocycles. The van der Waals surface area contributed by atoms with Gasteiger partial charge in [0.1, 0.15) is 8.96 Å². The van der Waals surface area contributed by atoms with E-state index in [0.717, 1.165) is 11.8 Å². The Morgan fingerprint density at radius 1 is 1.00 bits per heavy atom. The molecule has 1 N–H and O–H groups in total. The molecule has 0 amide bonds. The largest absolute Gasteiger partial charge is 0.342 e. The van der Waals surface area contributed by atoms with Gasteiger partial charge < -0.3 is 4.98 Å². The van der Waals surface area contributed by atoms with Gasteiger partial charge in [0.15, 0.2) is 0 Å². The Morgan fingerprint density at radius 3 is 1.55 bits per heavy atom. The zero-order valence-electron chi connectivity index (χ0n) is 8.65. The first kappa shape index (κ1) is 11.2. The van der Waals surface area contributed by atoms with E-state index >= 15 is 0 Å². The monoisotopic (exact) mass is 173 g/mol. The van der Waals surface area contributed by atoms with Crippen LogP contribution in [0.2, 0.25) is 12.1 Å². The maximum atomic E-state index is 3.50. The number of nitrogens with one attached hydrogen (secondary N) is 1. The molecule has 0 aromatic rings. The molecule has 0 aliphatic rings. The minimum Gasteiger partial charge on any atom is -0.342 e. The van der Waals surface area contributed by atoms with Crippen LogP contribution in [0.5, 0.6) is 0 Å². The molecule has 0 aromatic heterocycles. The lowest BCUT2D eigenvalue weighted by atomic mass is 10.3. The van der Waals surface area contributed by atoms with Crippen LogP contribution in [0.15, 0.2) is 0 Å². The summed E-state index contributed by atoms with van der Waals surface area (Å²) in [6, 6.07) is 2.88. The van der Waals surface area contributed by atoms with E-state index in [0.29, 0.717) is 0 Å². The highest BCUT2D eigenvalue weighted by Gasteiger charge is 2.11. The molecule has 11 heavy (non-hydrogen) atoms. The normalized spacial score (nSPS) is 12.0. The van der Waals surface area contributed by atoms with Gasteiger partial charge in [0.25, 0.3) is 0 Å². The van der Waals surface area contributed by atoms with Crippen molar-refractivity contribution in [2.75, 3.05) is 7.05 Å². The third-order valence-electron chi connectivity index (χ3n) is 1.92. The molecule has 0 saturated heterocycles. The van der Waals surface area contributed by atoms with Crippen LogP contribution in [-0.2, 0) is 0 Å². The van der Waals surface area contributed by atoms with E-state index in [1.54, 1.807) is 0 Å². The molecule has 0 bridgehead atoms. The fraction of sp³-hybridized carbons (Fsp3) is 1.00. The highest BCUT2D eigenvalue weighted by molar-refractivity contribution is 6.56. The highest BCUT2D eigenvalue weighted by Crippen LogP contribution is 2.11. The number of hydrogen-bond acceptors (Lipinski definition) is 1. The topological polar surface area (TPSA) is 12.0 Å². The van der Waals surface area contributed by atoms with Gasteiger partial charge in [-0.3, -0.25) is 0 Å². The summed E-state index contributed by atoms with van der Waals surface area (Å²) in [5, 5.41) is 0. The molecule has 0 aromatic carbocycles. The summed E-state index contributed by atoms with van der Waals surface area (Å²) in [5.74, 6) is 1.75. The van der Waals surface area contributed by atoms with Crippen molar-refractivity contribution in [1.82, 2.24) is 4.98 Å². The van der Waals surface area contributed by atoms with Gasteiger partial charge in [-0.25, -0.2) is 0 Å². The Morgan fingerprint density at radius 2 is 1.36 bits per heavy atom. The van der Waals surface area contributed by atoms with Crippen molar-refractivity contribution in [3.05, 3.63) is 0 Å². The molecule has 68 valence electrons. The summed E-state index contributed by atoms with van der Waals surface area (Å²) in [4.78, 5) is 3.50. The van der Waals surface area contributed by atoms with E-state index in [9.17, 15) is 0 Å². The average molecular weight is 173 g/mol. The molecular weight excluding hydrogens is 150 g/mol. The lowest BCUT2D eigenvalue weighted by Crippen LogP contribution is -2.32. The number of hydrogen-bond donors (Lipinski definition) is 1. The van der Waals surface area contributed by atoms with Crippen LogP contribution in [-0.4, -0.2) is 16.0 Å². The zero-order valence-corrected chi connectivity index (χ0v) is 9.80. The van der Waals surface area contributed by atoms with Crippen molar-refractivity contribution in [1.29, 1.82) is 0 Å². The molecule has 0 saturated carbocycles. The summed E-state index contributed by atoms with van der Waals surface area (Å²) in [6.45, 7) is 9.27. The SMILES string of the molecule is CN[SiH](CC(C)C)CC(C)C. The van der Waals surface area contributed by atoms with Crippen molar-refractivity contribution >= 4 is 8.96 Å². The molecule has 0 fully saturated rings. The lowest BCUT2D eigenvalue weighted by Gasteiger charge is -2.18. The van der Waals surface area contributed by atoms with E-state index < -0.39 is 8.96 Å². The molecular formula is C9H23NSi. The van der Waals surface area contributed by atoms with Crippen molar-refractivity contribution in [3.63, 3.8) is 0 Å². The molecule has 0 aliphatic heterocycles. The fourth-order valence-electron chi connectivity index (χ4n) is 1.47.